The Morgan fingerprint density at radius 3 is 2.42 bits per heavy atom. The molecule has 0 saturated heterocycles. The van der Waals surface area contributed by atoms with Gasteiger partial charge in [0.15, 0.2) is 0 Å². The van der Waals surface area contributed by atoms with Crippen molar-refractivity contribution >= 4 is 5.97 Å². The molecule has 3 aliphatic rings. The van der Waals surface area contributed by atoms with Crippen molar-refractivity contribution in [2.45, 2.75) is 79.6 Å². The molecule has 0 radical (unpaired) electrons. The summed E-state index contributed by atoms with van der Waals surface area (Å²) in [5.41, 5.74) is 0.0699. The van der Waals surface area contributed by atoms with Gasteiger partial charge in [0.25, 0.3) is 0 Å². The Hall–Kier alpha value is -0.530. The standard InChI is InChI=1S/C22H38O2/c1-14(2)19-15(3)8-10-17-16(19)9-11-18-21(17,4)12-7-13-22(18,5)20(23)24-6/h14-19H,7-13H2,1-6H3/t15?,16?,17?,18?,19?,21-,22+/m0/s1. The van der Waals surface area contributed by atoms with Gasteiger partial charge in [-0.1, -0.05) is 40.5 Å². The normalized spacial score (nSPS) is 48.5. The minimum atomic E-state index is -0.261. The first-order chi connectivity index (χ1) is 11.3. The average molecular weight is 335 g/mol. The summed E-state index contributed by atoms with van der Waals surface area (Å²) in [7, 11) is 1.57. The Morgan fingerprint density at radius 1 is 1.08 bits per heavy atom. The van der Waals surface area contributed by atoms with Crippen LogP contribution in [0, 0.1) is 46.3 Å². The summed E-state index contributed by atoms with van der Waals surface area (Å²) in [5, 5.41) is 0. The predicted molar refractivity (Wildman–Crippen MR) is 98.5 cm³/mol. The van der Waals surface area contributed by atoms with Crippen LogP contribution in [0.25, 0.3) is 0 Å². The summed E-state index contributed by atoms with van der Waals surface area (Å²) in [4.78, 5) is 12.6. The van der Waals surface area contributed by atoms with Crippen LogP contribution in [-0.4, -0.2) is 13.1 Å². The number of hydrogen-bond donors (Lipinski definition) is 0. The van der Waals surface area contributed by atoms with Crippen LogP contribution >= 0.6 is 0 Å². The number of carbonyl (C=O) groups is 1. The monoisotopic (exact) mass is 334 g/mol. The number of fused-ring (bicyclic) bond motifs is 3. The van der Waals surface area contributed by atoms with E-state index in [4.69, 9.17) is 4.74 Å². The van der Waals surface area contributed by atoms with Gasteiger partial charge in [-0.25, -0.2) is 0 Å². The fourth-order valence-corrected chi connectivity index (χ4v) is 7.74. The third-order valence-electron chi connectivity index (χ3n) is 8.64. The molecule has 0 aromatic carbocycles. The first-order valence-electron chi connectivity index (χ1n) is 10.3. The third-order valence-corrected chi connectivity index (χ3v) is 8.64. The molecule has 0 heterocycles. The van der Waals surface area contributed by atoms with E-state index in [1.165, 1.54) is 38.5 Å². The number of hydrogen-bond acceptors (Lipinski definition) is 2. The van der Waals surface area contributed by atoms with Gasteiger partial charge in [0.2, 0.25) is 0 Å². The van der Waals surface area contributed by atoms with Gasteiger partial charge >= 0.3 is 5.97 Å². The molecule has 138 valence electrons. The molecule has 5 unspecified atom stereocenters. The number of rotatable bonds is 2. The van der Waals surface area contributed by atoms with E-state index in [0.717, 1.165) is 36.0 Å². The van der Waals surface area contributed by atoms with Gasteiger partial charge in [0, 0.05) is 0 Å². The summed E-state index contributed by atoms with van der Waals surface area (Å²) >= 11 is 0. The minimum Gasteiger partial charge on any atom is -0.469 e. The van der Waals surface area contributed by atoms with Crippen LogP contribution in [0.15, 0.2) is 0 Å². The van der Waals surface area contributed by atoms with E-state index in [1.54, 1.807) is 7.11 Å². The highest BCUT2D eigenvalue weighted by Gasteiger charge is 2.60. The average Bonchev–Trinajstić information content (AvgIpc) is 2.52. The molecule has 0 amide bonds. The van der Waals surface area contributed by atoms with Crippen LogP contribution in [0.5, 0.6) is 0 Å². The van der Waals surface area contributed by atoms with Crippen molar-refractivity contribution in [1.29, 1.82) is 0 Å². The Kier molecular flexibility index (Phi) is 4.81. The van der Waals surface area contributed by atoms with Gasteiger partial charge in [0.05, 0.1) is 12.5 Å². The fraction of sp³-hybridized carbons (Fsp3) is 0.955. The summed E-state index contributed by atoms with van der Waals surface area (Å²) < 4.78 is 5.26. The molecular formula is C22H38O2. The topological polar surface area (TPSA) is 26.3 Å². The van der Waals surface area contributed by atoms with Crippen LogP contribution in [0.4, 0.5) is 0 Å². The maximum atomic E-state index is 12.6. The largest absolute Gasteiger partial charge is 0.469 e. The molecule has 7 atom stereocenters. The molecule has 0 aromatic heterocycles. The van der Waals surface area contributed by atoms with Crippen molar-refractivity contribution in [1.82, 2.24) is 0 Å². The van der Waals surface area contributed by atoms with Crippen molar-refractivity contribution in [2.75, 3.05) is 7.11 Å². The number of carbonyl (C=O) groups excluding carboxylic acids is 1. The Labute approximate surface area is 149 Å². The highest BCUT2D eigenvalue weighted by Crippen LogP contribution is 2.65. The second-order valence-corrected chi connectivity index (χ2v) is 10.0. The highest BCUT2D eigenvalue weighted by atomic mass is 16.5. The summed E-state index contributed by atoms with van der Waals surface area (Å²) in [6, 6.07) is 0. The van der Waals surface area contributed by atoms with Gasteiger partial charge in [-0.15, -0.1) is 0 Å². The predicted octanol–water partition coefficient (Wildman–Crippen LogP) is 5.70. The Balaban J connectivity index is 1.94. The zero-order valence-corrected chi connectivity index (χ0v) is 16.7. The number of ether oxygens (including phenoxy) is 1. The van der Waals surface area contributed by atoms with Crippen molar-refractivity contribution in [2.24, 2.45) is 46.3 Å². The van der Waals surface area contributed by atoms with E-state index < -0.39 is 0 Å². The van der Waals surface area contributed by atoms with E-state index in [2.05, 4.69) is 34.6 Å². The van der Waals surface area contributed by atoms with E-state index in [-0.39, 0.29) is 11.4 Å². The quantitative estimate of drug-likeness (QED) is 0.605. The van der Waals surface area contributed by atoms with Gasteiger partial charge in [-0.3, -0.25) is 4.79 Å². The second kappa shape index (κ2) is 6.32. The SMILES string of the molecule is COC(=O)[C@]1(C)CCC[C@@]2(C)C3CCC(C)C(C(C)C)C3CCC21. The van der Waals surface area contributed by atoms with Gasteiger partial charge in [-0.2, -0.15) is 0 Å². The molecule has 2 nitrogen and oxygen atoms in total. The molecule has 24 heavy (non-hydrogen) atoms. The van der Waals surface area contributed by atoms with Crippen molar-refractivity contribution < 1.29 is 9.53 Å². The van der Waals surface area contributed by atoms with Gasteiger partial charge in [-0.05, 0) is 80.0 Å². The van der Waals surface area contributed by atoms with Gasteiger partial charge < -0.3 is 4.74 Å². The van der Waals surface area contributed by atoms with Gasteiger partial charge in [0.1, 0.15) is 0 Å². The zero-order chi connectivity index (χ0) is 17.7. The van der Waals surface area contributed by atoms with E-state index in [9.17, 15) is 4.79 Å². The molecule has 0 aromatic rings. The Bertz CT molecular complexity index is 484. The summed E-state index contributed by atoms with van der Waals surface area (Å²) in [6.45, 7) is 12.1. The maximum absolute atomic E-state index is 12.6. The molecule has 0 spiro atoms. The van der Waals surface area contributed by atoms with Crippen LogP contribution in [-0.2, 0) is 9.53 Å². The minimum absolute atomic E-state index is 0.0430. The highest BCUT2D eigenvalue weighted by molar-refractivity contribution is 5.77. The molecule has 2 heteroatoms. The third kappa shape index (κ3) is 2.54. The van der Waals surface area contributed by atoms with E-state index in [1.807, 2.05) is 0 Å². The smallest absolute Gasteiger partial charge is 0.311 e. The number of esters is 1. The lowest BCUT2D eigenvalue weighted by Crippen LogP contribution is -2.57. The number of methoxy groups -OCH3 is 1. The van der Waals surface area contributed by atoms with Crippen LogP contribution in [0.3, 0.4) is 0 Å². The molecule has 3 saturated carbocycles. The molecule has 0 aliphatic heterocycles. The fourth-order valence-electron chi connectivity index (χ4n) is 7.74. The molecule has 0 N–H and O–H groups in total. The first-order valence-corrected chi connectivity index (χ1v) is 10.3. The molecule has 3 rings (SSSR count). The van der Waals surface area contributed by atoms with Crippen LogP contribution in [0.1, 0.15) is 79.6 Å². The zero-order valence-electron chi connectivity index (χ0n) is 16.7. The van der Waals surface area contributed by atoms with E-state index >= 15 is 0 Å². The first kappa shape index (κ1) is 18.3. The molecule has 3 aliphatic carbocycles. The van der Waals surface area contributed by atoms with Crippen molar-refractivity contribution in [3.05, 3.63) is 0 Å². The van der Waals surface area contributed by atoms with E-state index in [0.29, 0.717) is 11.3 Å². The van der Waals surface area contributed by atoms with Crippen molar-refractivity contribution in [3.8, 4) is 0 Å². The maximum Gasteiger partial charge on any atom is 0.311 e. The lowest BCUT2D eigenvalue weighted by Gasteiger charge is -2.62. The van der Waals surface area contributed by atoms with Crippen molar-refractivity contribution in [3.63, 3.8) is 0 Å². The Morgan fingerprint density at radius 2 is 1.79 bits per heavy atom. The summed E-state index contributed by atoms with van der Waals surface area (Å²) in [6.07, 6.45) is 8.81. The second-order valence-electron chi connectivity index (χ2n) is 10.0. The lowest BCUT2D eigenvalue weighted by molar-refractivity contribution is -0.180. The summed E-state index contributed by atoms with van der Waals surface area (Å²) in [5.74, 6) is 4.74. The van der Waals surface area contributed by atoms with Crippen LogP contribution < -0.4 is 0 Å². The molecule has 0 bridgehead atoms. The molecule has 3 fully saturated rings. The lowest BCUT2D eigenvalue weighted by atomic mass is 9.42. The molecular weight excluding hydrogens is 296 g/mol. The van der Waals surface area contributed by atoms with Crippen LogP contribution in [0.2, 0.25) is 0 Å².